The van der Waals surface area contributed by atoms with E-state index in [1.54, 1.807) is 4.57 Å². The lowest BCUT2D eigenvalue weighted by molar-refractivity contribution is -0.118. The number of hydrogen-bond acceptors (Lipinski definition) is 5. The Bertz CT molecular complexity index is 1160. The highest BCUT2D eigenvalue weighted by atomic mass is 35.5. The van der Waals surface area contributed by atoms with Crippen molar-refractivity contribution in [3.8, 4) is 0 Å². The van der Waals surface area contributed by atoms with Gasteiger partial charge in [0, 0.05) is 24.7 Å². The maximum atomic E-state index is 12.7. The third kappa shape index (κ3) is 6.16. The molecule has 6 nitrogen and oxygen atoms in total. The second kappa shape index (κ2) is 11.2. The molecule has 1 aliphatic rings. The Morgan fingerprint density at radius 3 is 2.61 bits per heavy atom. The van der Waals surface area contributed by atoms with Crippen molar-refractivity contribution in [2.75, 3.05) is 25.4 Å². The molecule has 0 saturated carbocycles. The molecule has 0 radical (unpaired) electrons. The van der Waals surface area contributed by atoms with Crippen molar-refractivity contribution in [2.24, 2.45) is 5.92 Å². The summed E-state index contributed by atoms with van der Waals surface area (Å²) in [5.41, 5.74) is 2.73. The molecular formula is C25H29ClN4O2S. The lowest BCUT2D eigenvalue weighted by Gasteiger charge is -2.32. The quantitative estimate of drug-likeness (QED) is 0.485. The number of aryl methyl sites for hydroxylation is 1. The van der Waals surface area contributed by atoms with Crippen LogP contribution < -0.4 is 10.9 Å². The molecule has 33 heavy (non-hydrogen) atoms. The minimum atomic E-state index is -0.137. The van der Waals surface area contributed by atoms with Crippen LogP contribution in [0.5, 0.6) is 0 Å². The molecule has 1 aliphatic heterocycles. The van der Waals surface area contributed by atoms with Crippen molar-refractivity contribution in [3.05, 3.63) is 69.5 Å². The fraction of sp³-hybridized carbons (Fsp3) is 0.400. The number of hydrogen-bond donors (Lipinski definition) is 1. The minimum Gasteiger partial charge on any atom is -0.355 e. The highest BCUT2D eigenvalue weighted by Crippen LogP contribution is 2.20. The predicted octanol–water partition coefficient (Wildman–Crippen LogP) is 4.19. The predicted molar refractivity (Wildman–Crippen MR) is 135 cm³/mol. The number of thioether (sulfide) groups is 1. The molecule has 0 unspecified atom stereocenters. The Morgan fingerprint density at radius 1 is 1.15 bits per heavy atom. The van der Waals surface area contributed by atoms with Gasteiger partial charge in [-0.2, -0.15) is 0 Å². The van der Waals surface area contributed by atoms with Gasteiger partial charge in [0.05, 0.1) is 16.8 Å². The highest BCUT2D eigenvalue weighted by Gasteiger charge is 2.20. The molecule has 0 atom stereocenters. The molecule has 1 fully saturated rings. The molecule has 0 spiro atoms. The Hall–Kier alpha value is -2.35. The van der Waals surface area contributed by atoms with Gasteiger partial charge in [-0.3, -0.25) is 14.5 Å². The maximum Gasteiger partial charge on any atom is 0.283 e. The van der Waals surface area contributed by atoms with Gasteiger partial charge < -0.3 is 9.88 Å². The van der Waals surface area contributed by atoms with E-state index in [9.17, 15) is 9.59 Å². The number of halogens is 1. The summed E-state index contributed by atoms with van der Waals surface area (Å²) in [6.45, 7) is 6.17. The van der Waals surface area contributed by atoms with Crippen LogP contribution in [-0.2, 0) is 17.9 Å². The van der Waals surface area contributed by atoms with E-state index >= 15 is 0 Å². The van der Waals surface area contributed by atoms with E-state index in [4.69, 9.17) is 11.6 Å². The monoisotopic (exact) mass is 484 g/mol. The summed E-state index contributed by atoms with van der Waals surface area (Å²) >= 11 is 7.18. The number of benzene rings is 2. The summed E-state index contributed by atoms with van der Waals surface area (Å²) < 4.78 is 1.71. The zero-order chi connectivity index (χ0) is 23.2. The second-order valence-corrected chi connectivity index (χ2v) is 9.79. The number of fused-ring (bicyclic) bond motifs is 1. The summed E-state index contributed by atoms with van der Waals surface area (Å²) in [6.07, 6.45) is 2.13. The normalized spacial score (nSPS) is 15.1. The minimum absolute atomic E-state index is 0.0546. The molecule has 3 aromatic rings. The zero-order valence-electron chi connectivity index (χ0n) is 18.8. The van der Waals surface area contributed by atoms with Crippen LogP contribution >= 0.6 is 23.4 Å². The summed E-state index contributed by atoms with van der Waals surface area (Å²) in [5.74, 6) is 0.622. The largest absolute Gasteiger partial charge is 0.355 e. The molecule has 1 amide bonds. The van der Waals surface area contributed by atoms with Gasteiger partial charge in [0.15, 0.2) is 5.03 Å². The molecule has 2 aromatic carbocycles. The third-order valence-electron chi connectivity index (χ3n) is 6.09. The van der Waals surface area contributed by atoms with Crippen molar-refractivity contribution in [1.29, 1.82) is 0 Å². The van der Waals surface area contributed by atoms with E-state index < -0.39 is 0 Å². The van der Waals surface area contributed by atoms with Crippen LogP contribution in [0.2, 0.25) is 5.02 Å². The molecule has 8 heteroatoms. The van der Waals surface area contributed by atoms with Crippen LogP contribution in [0.4, 0.5) is 0 Å². The number of aromatic nitrogens is 2. The lowest BCUT2D eigenvalue weighted by Crippen LogP contribution is -2.38. The number of piperidine rings is 1. The van der Waals surface area contributed by atoms with Crippen LogP contribution in [0.15, 0.2) is 58.4 Å². The smallest absolute Gasteiger partial charge is 0.283 e. The van der Waals surface area contributed by atoms with Crippen LogP contribution in [0.25, 0.3) is 11.0 Å². The van der Waals surface area contributed by atoms with Gasteiger partial charge in [0.25, 0.3) is 5.56 Å². The first kappa shape index (κ1) is 23.8. The van der Waals surface area contributed by atoms with E-state index in [1.165, 1.54) is 17.3 Å². The Labute approximate surface area is 203 Å². The fourth-order valence-electron chi connectivity index (χ4n) is 4.22. The van der Waals surface area contributed by atoms with Gasteiger partial charge in [-0.15, -0.1) is 0 Å². The molecule has 0 aliphatic carbocycles. The Balaban J connectivity index is 1.23. The molecule has 1 N–H and O–H groups in total. The van der Waals surface area contributed by atoms with Crippen LogP contribution in [0, 0.1) is 5.92 Å². The summed E-state index contributed by atoms with van der Waals surface area (Å²) in [5, 5.41) is 4.19. The van der Waals surface area contributed by atoms with Crippen LogP contribution in [0.1, 0.15) is 25.3 Å². The maximum absolute atomic E-state index is 12.7. The number of amides is 1. The number of carbonyl (C=O) groups excluding carboxylic acids is 1. The van der Waals surface area contributed by atoms with E-state index in [2.05, 4.69) is 27.3 Å². The SMILES string of the molecule is CCn1c(=O)c(SCC(=O)NCC2CCN(Cc3ccc(Cl)cc3)CC2)nc2ccccc21. The molecule has 174 valence electrons. The van der Waals surface area contributed by atoms with Crippen molar-refractivity contribution < 1.29 is 4.79 Å². The van der Waals surface area contributed by atoms with Gasteiger partial charge in [-0.05, 0) is 68.6 Å². The number of carbonyl (C=O) groups is 1. The van der Waals surface area contributed by atoms with E-state index in [0.717, 1.165) is 48.5 Å². The highest BCUT2D eigenvalue weighted by molar-refractivity contribution is 7.99. The first-order chi connectivity index (χ1) is 16.0. The second-order valence-electron chi connectivity index (χ2n) is 8.39. The number of para-hydroxylation sites is 2. The molecule has 0 bridgehead atoms. The number of nitrogens with one attached hydrogen (secondary N) is 1. The molecule has 4 rings (SSSR count). The standard InChI is InChI=1S/C25H29ClN4O2S/c1-2-30-22-6-4-3-5-21(22)28-24(25(30)32)33-17-23(31)27-15-18-11-13-29(14-12-18)16-19-7-9-20(26)10-8-19/h3-10,18H,2,11-17H2,1H3,(H,27,31). The molecule has 2 heterocycles. The topological polar surface area (TPSA) is 67.2 Å². The van der Waals surface area contributed by atoms with Gasteiger partial charge in [0.2, 0.25) is 5.91 Å². The lowest BCUT2D eigenvalue weighted by atomic mass is 9.96. The summed E-state index contributed by atoms with van der Waals surface area (Å²) in [7, 11) is 0. The van der Waals surface area contributed by atoms with Gasteiger partial charge >= 0.3 is 0 Å². The Kier molecular flexibility index (Phi) is 8.06. The first-order valence-electron chi connectivity index (χ1n) is 11.4. The van der Waals surface area contributed by atoms with E-state index in [-0.39, 0.29) is 17.2 Å². The number of likely N-dealkylation sites (tertiary alicyclic amines) is 1. The first-order valence-corrected chi connectivity index (χ1v) is 12.8. The van der Waals surface area contributed by atoms with Crippen molar-refractivity contribution in [2.45, 2.75) is 37.9 Å². The van der Waals surface area contributed by atoms with Crippen molar-refractivity contribution >= 4 is 40.3 Å². The molecule has 1 aromatic heterocycles. The van der Waals surface area contributed by atoms with E-state index in [1.807, 2.05) is 43.3 Å². The number of rotatable bonds is 8. The van der Waals surface area contributed by atoms with Crippen LogP contribution in [0.3, 0.4) is 0 Å². The molecule has 1 saturated heterocycles. The summed E-state index contributed by atoms with van der Waals surface area (Å²) in [4.78, 5) is 32.1. The third-order valence-corrected chi connectivity index (χ3v) is 7.29. The van der Waals surface area contributed by atoms with E-state index in [0.29, 0.717) is 24.0 Å². The van der Waals surface area contributed by atoms with Crippen molar-refractivity contribution in [3.63, 3.8) is 0 Å². The fourth-order valence-corrected chi connectivity index (χ4v) is 5.11. The zero-order valence-corrected chi connectivity index (χ0v) is 20.4. The van der Waals surface area contributed by atoms with Crippen molar-refractivity contribution in [1.82, 2.24) is 19.8 Å². The summed E-state index contributed by atoms with van der Waals surface area (Å²) in [6, 6.07) is 15.6. The average Bonchev–Trinajstić information content (AvgIpc) is 2.84. The average molecular weight is 485 g/mol. The van der Waals surface area contributed by atoms with Gasteiger partial charge in [-0.25, -0.2) is 4.98 Å². The van der Waals surface area contributed by atoms with Gasteiger partial charge in [-0.1, -0.05) is 47.6 Å². The van der Waals surface area contributed by atoms with Crippen LogP contribution in [-0.4, -0.2) is 45.7 Å². The number of nitrogens with zero attached hydrogens (tertiary/aromatic N) is 3. The molecular weight excluding hydrogens is 456 g/mol. The van der Waals surface area contributed by atoms with Gasteiger partial charge in [0.1, 0.15) is 0 Å². The Morgan fingerprint density at radius 2 is 1.88 bits per heavy atom.